The number of hydrogen-bond donors (Lipinski definition) is 0. The van der Waals surface area contributed by atoms with E-state index in [1.165, 1.54) is 12.1 Å². The molecular weight excluding hydrogens is 387 g/mol. The van der Waals surface area contributed by atoms with Crippen LogP contribution in [0.25, 0.3) is 22.3 Å². The molecule has 3 nitrogen and oxygen atoms in total. The van der Waals surface area contributed by atoms with Crippen LogP contribution in [0.5, 0.6) is 0 Å². The summed E-state index contributed by atoms with van der Waals surface area (Å²) in [5.74, 6) is -0.452. The summed E-state index contributed by atoms with van der Waals surface area (Å²) in [6.07, 6.45) is 5.36. The van der Waals surface area contributed by atoms with Crippen molar-refractivity contribution in [1.29, 1.82) is 5.26 Å². The van der Waals surface area contributed by atoms with Crippen molar-refractivity contribution in [3.05, 3.63) is 83.3 Å². The quantitative estimate of drug-likeness (QED) is 0.562. The molecule has 0 aliphatic carbocycles. The van der Waals surface area contributed by atoms with Crippen molar-refractivity contribution in [3.63, 3.8) is 0 Å². The second-order valence-corrected chi connectivity index (χ2v) is 7.26. The van der Waals surface area contributed by atoms with Crippen LogP contribution in [0.1, 0.15) is 16.8 Å². The molecule has 2 heterocycles. The number of fused-ring (bicyclic) bond motifs is 1. The van der Waals surface area contributed by atoms with Gasteiger partial charge in [-0.2, -0.15) is 5.26 Å². The van der Waals surface area contributed by atoms with E-state index in [0.29, 0.717) is 28.8 Å². The van der Waals surface area contributed by atoms with Crippen LogP contribution >= 0.6 is 0 Å². The highest BCUT2D eigenvalue weighted by atomic mass is 19.1. The lowest BCUT2D eigenvalue weighted by atomic mass is 10.1. The zero-order valence-corrected chi connectivity index (χ0v) is 16.4. The standard InChI is InChI=1S/C24H20F3N3/c1-16-5-8-18(9-6-16)30-22-10-7-17(27)12-20(22)21(15-28)24(30)23-4-2-3-11-29(23)19(13-25)14-26/h2-10,12,19H,11,13-14H2,1H3. The Morgan fingerprint density at radius 3 is 2.50 bits per heavy atom. The van der Waals surface area contributed by atoms with E-state index < -0.39 is 25.2 Å². The first-order valence-electron chi connectivity index (χ1n) is 9.66. The molecule has 4 rings (SSSR count). The topological polar surface area (TPSA) is 32.0 Å². The number of alkyl halides is 2. The van der Waals surface area contributed by atoms with Gasteiger partial charge in [0.25, 0.3) is 0 Å². The van der Waals surface area contributed by atoms with Crippen molar-refractivity contribution in [2.75, 3.05) is 19.9 Å². The SMILES string of the molecule is Cc1ccc(-n2c(C3=CC=CCN3C(CF)CF)c(C#N)c3cc(F)ccc32)cc1. The minimum atomic E-state index is -0.964. The Morgan fingerprint density at radius 2 is 1.83 bits per heavy atom. The predicted molar refractivity (Wildman–Crippen MR) is 112 cm³/mol. The van der Waals surface area contributed by atoms with Gasteiger partial charge in [-0.25, -0.2) is 13.2 Å². The fourth-order valence-corrected chi connectivity index (χ4v) is 3.88. The highest BCUT2D eigenvalue weighted by Crippen LogP contribution is 2.37. The Kier molecular flexibility index (Phi) is 5.37. The monoisotopic (exact) mass is 407 g/mol. The van der Waals surface area contributed by atoms with Crippen LogP contribution in [-0.4, -0.2) is 35.4 Å². The Bertz CT molecular complexity index is 1180. The number of aromatic nitrogens is 1. The van der Waals surface area contributed by atoms with Gasteiger partial charge in [-0.1, -0.05) is 29.8 Å². The molecular formula is C24H20F3N3. The van der Waals surface area contributed by atoms with Crippen molar-refractivity contribution >= 4 is 16.6 Å². The molecule has 0 unspecified atom stereocenters. The zero-order valence-electron chi connectivity index (χ0n) is 16.4. The highest BCUT2D eigenvalue weighted by Gasteiger charge is 2.29. The molecule has 0 fully saturated rings. The van der Waals surface area contributed by atoms with Crippen LogP contribution in [0, 0.1) is 24.1 Å². The first kappa shape index (κ1) is 19.8. The van der Waals surface area contributed by atoms with Gasteiger partial charge >= 0.3 is 0 Å². The molecule has 0 saturated heterocycles. The summed E-state index contributed by atoms with van der Waals surface area (Å²) in [7, 11) is 0. The van der Waals surface area contributed by atoms with E-state index in [4.69, 9.17) is 0 Å². The molecule has 0 radical (unpaired) electrons. The van der Waals surface area contributed by atoms with Gasteiger partial charge in [-0.15, -0.1) is 0 Å². The minimum absolute atomic E-state index is 0.271. The first-order chi connectivity index (χ1) is 14.6. The van der Waals surface area contributed by atoms with Crippen LogP contribution in [0.4, 0.5) is 13.2 Å². The van der Waals surface area contributed by atoms with Crippen LogP contribution in [0.15, 0.2) is 60.7 Å². The van der Waals surface area contributed by atoms with E-state index in [9.17, 15) is 18.4 Å². The number of benzene rings is 2. The largest absolute Gasteiger partial charge is 0.358 e. The summed E-state index contributed by atoms with van der Waals surface area (Å²) < 4.78 is 43.1. The maximum Gasteiger partial charge on any atom is 0.124 e. The predicted octanol–water partition coefficient (Wildman–Crippen LogP) is 5.47. The van der Waals surface area contributed by atoms with Crippen molar-refractivity contribution in [3.8, 4) is 11.8 Å². The van der Waals surface area contributed by atoms with Crippen molar-refractivity contribution in [2.24, 2.45) is 0 Å². The molecule has 1 aromatic heterocycles. The average molecular weight is 407 g/mol. The first-order valence-corrected chi connectivity index (χ1v) is 9.66. The number of hydrogen-bond acceptors (Lipinski definition) is 2. The summed E-state index contributed by atoms with van der Waals surface area (Å²) >= 11 is 0. The Balaban J connectivity index is 2.06. The molecule has 3 aromatic rings. The van der Waals surface area contributed by atoms with E-state index in [2.05, 4.69) is 6.07 Å². The smallest absolute Gasteiger partial charge is 0.124 e. The number of allylic oxidation sites excluding steroid dienone is 2. The van der Waals surface area contributed by atoms with Gasteiger partial charge in [0.05, 0.1) is 28.5 Å². The fourth-order valence-electron chi connectivity index (χ4n) is 3.88. The minimum Gasteiger partial charge on any atom is -0.358 e. The molecule has 6 heteroatoms. The molecule has 0 amide bonds. The van der Waals surface area contributed by atoms with E-state index in [1.54, 1.807) is 23.1 Å². The van der Waals surface area contributed by atoms with Gasteiger partial charge in [0.2, 0.25) is 0 Å². The van der Waals surface area contributed by atoms with Gasteiger partial charge in [0.1, 0.15) is 25.2 Å². The lowest BCUT2D eigenvalue weighted by molar-refractivity contribution is 0.212. The van der Waals surface area contributed by atoms with E-state index in [1.807, 2.05) is 41.8 Å². The molecule has 0 atom stereocenters. The molecule has 0 N–H and O–H groups in total. The summed E-state index contributed by atoms with van der Waals surface area (Å²) in [6, 6.07) is 13.2. The summed E-state index contributed by atoms with van der Waals surface area (Å²) in [6.45, 7) is 0.572. The van der Waals surface area contributed by atoms with Crippen LogP contribution < -0.4 is 0 Å². The number of aryl methyl sites for hydroxylation is 1. The third-order valence-electron chi connectivity index (χ3n) is 5.37. The number of nitriles is 1. The molecule has 0 spiro atoms. The lowest BCUT2D eigenvalue weighted by Crippen LogP contribution is -2.39. The molecule has 1 aliphatic rings. The van der Waals surface area contributed by atoms with Gasteiger partial charge in [-0.05, 0) is 43.3 Å². The maximum atomic E-state index is 14.1. The molecule has 0 saturated carbocycles. The normalized spacial score (nSPS) is 13.7. The van der Waals surface area contributed by atoms with E-state index in [0.717, 1.165) is 11.3 Å². The number of halogens is 3. The third kappa shape index (κ3) is 3.26. The van der Waals surface area contributed by atoms with Gasteiger partial charge in [-0.3, -0.25) is 0 Å². The molecule has 152 valence electrons. The van der Waals surface area contributed by atoms with Crippen LogP contribution in [0.2, 0.25) is 0 Å². The molecule has 2 aromatic carbocycles. The van der Waals surface area contributed by atoms with E-state index in [-0.39, 0.29) is 5.56 Å². The van der Waals surface area contributed by atoms with Gasteiger partial charge in [0, 0.05) is 17.6 Å². The second-order valence-electron chi connectivity index (χ2n) is 7.26. The van der Waals surface area contributed by atoms with Crippen molar-refractivity contribution < 1.29 is 13.2 Å². The maximum absolute atomic E-state index is 14.1. The average Bonchev–Trinajstić information content (AvgIpc) is 3.08. The van der Waals surface area contributed by atoms with Gasteiger partial charge in [0.15, 0.2) is 0 Å². The van der Waals surface area contributed by atoms with Gasteiger partial charge < -0.3 is 9.47 Å². The molecule has 0 bridgehead atoms. The van der Waals surface area contributed by atoms with Crippen molar-refractivity contribution in [1.82, 2.24) is 9.47 Å². The van der Waals surface area contributed by atoms with Crippen molar-refractivity contribution in [2.45, 2.75) is 13.0 Å². The summed E-state index contributed by atoms with van der Waals surface area (Å²) in [5, 5.41) is 10.4. The number of rotatable bonds is 5. The molecule has 1 aliphatic heterocycles. The number of nitrogens with zero attached hydrogens (tertiary/aromatic N) is 3. The lowest BCUT2D eigenvalue weighted by Gasteiger charge is -2.34. The Morgan fingerprint density at radius 1 is 1.10 bits per heavy atom. The zero-order chi connectivity index (χ0) is 21.3. The van der Waals surface area contributed by atoms with Crippen LogP contribution in [0.3, 0.4) is 0 Å². The Labute approximate surface area is 173 Å². The highest BCUT2D eigenvalue weighted by molar-refractivity contribution is 5.94. The second kappa shape index (κ2) is 8.11. The summed E-state index contributed by atoms with van der Waals surface area (Å²) in [5.41, 5.74) is 3.80. The third-order valence-corrected chi connectivity index (χ3v) is 5.37. The molecule has 30 heavy (non-hydrogen) atoms. The summed E-state index contributed by atoms with van der Waals surface area (Å²) in [4.78, 5) is 1.62. The van der Waals surface area contributed by atoms with Crippen LogP contribution in [-0.2, 0) is 0 Å². The fraction of sp³-hybridized carbons (Fsp3) is 0.208. The Hall–Kier alpha value is -3.46. The van der Waals surface area contributed by atoms with E-state index >= 15 is 0 Å².